The predicted molar refractivity (Wildman–Crippen MR) is 55.7 cm³/mol. The SMILES string of the molecule is CCC(C)C(C)(O)CNC1CCC1. The minimum Gasteiger partial charge on any atom is -0.389 e. The van der Waals surface area contributed by atoms with Gasteiger partial charge in [0.1, 0.15) is 0 Å². The third-order valence-corrected chi connectivity index (χ3v) is 3.53. The van der Waals surface area contributed by atoms with Crippen LogP contribution in [0, 0.1) is 5.92 Å². The molecule has 0 aromatic carbocycles. The Balaban J connectivity index is 2.23. The van der Waals surface area contributed by atoms with Crippen LogP contribution >= 0.6 is 0 Å². The van der Waals surface area contributed by atoms with Crippen LogP contribution in [0.15, 0.2) is 0 Å². The maximum atomic E-state index is 10.1. The Kier molecular flexibility index (Phi) is 3.74. The van der Waals surface area contributed by atoms with E-state index < -0.39 is 5.60 Å². The van der Waals surface area contributed by atoms with Gasteiger partial charge in [-0.3, -0.25) is 0 Å². The van der Waals surface area contributed by atoms with Crippen molar-refractivity contribution in [3.8, 4) is 0 Å². The van der Waals surface area contributed by atoms with Gasteiger partial charge in [0.05, 0.1) is 5.60 Å². The molecule has 2 nitrogen and oxygen atoms in total. The van der Waals surface area contributed by atoms with Gasteiger partial charge >= 0.3 is 0 Å². The van der Waals surface area contributed by atoms with Gasteiger partial charge in [0.2, 0.25) is 0 Å². The highest BCUT2D eigenvalue weighted by molar-refractivity contribution is 4.85. The Morgan fingerprint density at radius 3 is 2.54 bits per heavy atom. The molecule has 1 saturated carbocycles. The van der Waals surface area contributed by atoms with Gasteiger partial charge in [-0.2, -0.15) is 0 Å². The van der Waals surface area contributed by atoms with E-state index in [0.29, 0.717) is 12.0 Å². The molecular weight excluding hydrogens is 162 g/mol. The quantitative estimate of drug-likeness (QED) is 0.686. The average molecular weight is 185 g/mol. The fraction of sp³-hybridized carbons (Fsp3) is 1.00. The van der Waals surface area contributed by atoms with E-state index in [1.165, 1.54) is 19.3 Å². The van der Waals surface area contributed by atoms with E-state index >= 15 is 0 Å². The summed E-state index contributed by atoms with van der Waals surface area (Å²) in [5.74, 6) is 0.375. The van der Waals surface area contributed by atoms with Crippen LogP contribution < -0.4 is 5.32 Å². The molecule has 0 spiro atoms. The van der Waals surface area contributed by atoms with E-state index in [1.54, 1.807) is 0 Å². The van der Waals surface area contributed by atoms with Crippen LogP contribution in [0.2, 0.25) is 0 Å². The van der Waals surface area contributed by atoms with Crippen molar-refractivity contribution in [2.75, 3.05) is 6.54 Å². The summed E-state index contributed by atoms with van der Waals surface area (Å²) in [5, 5.41) is 13.5. The lowest BCUT2D eigenvalue weighted by Gasteiger charge is -2.34. The maximum Gasteiger partial charge on any atom is 0.0768 e. The molecule has 0 aromatic rings. The number of hydrogen-bond donors (Lipinski definition) is 2. The molecule has 0 aliphatic heterocycles. The monoisotopic (exact) mass is 185 g/mol. The second-order valence-electron chi connectivity index (χ2n) is 4.68. The first kappa shape index (κ1) is 11.0. The molecule has 2 atom stereocenters. The first-order chi connectivity index (χ1) is 6.06. The molecule has 78 valence electrons. The predicted octanol–water partition coefficient (Wildman–Crippen LogP) is 1.93. The Hall–Kier alpha value is -0.0800. The zero-order valence-electron chi connectivity index (χ0n) is 9.14. The summed E-state index contributed by atoms with van der Waals surface area (Å²) in [4.78, 5) is 0. The van der Waals surface area contributed by atoms with Crippen LogP contribution in [0.25, 0.3) is 0 Å². The third-order valence-electron chi connectivity index (χ3n) is 3.53. The molecule has 0 amide bonds. The van der Waals surface area contributed by atoms with Crippen molar-refractivity contribution in [2.24, 2.45) is 5.92 Å². The lowest BCUT2D eigenvalue weighted by atomic mass is 9.87. The summed E-state index contributed by atoms with van der Waals surface area (Å²) in [6, 6.07) is 0.676. The van der Waals surface area contributed by atoms with Gasteiger partial charge in [0.15, 0.2) is 0 Å². The molecule has 2 heteroatoms. The van der Waals surface area contributed by atoms with Crippen molar-refractivity contribution < 1.29 is 5.11 Å². The maximum absolute atomic E-state index is 10.1. The molecule has 0 heterocycles. The van der Waals surface area contributed by atoms with Crippen molar-refractivity contribution in [3.63, 3.8) is 0 Å². The Labute approximate surface area is 81.7 Å². The Bertz CT molecular complexity index is 152. The summed E-state index contributed by atoms with van der Waals surface area (Å²) in [6.45, 7) is 6.92. The number of aliphatic hydroxyl groups is 1. The molecule has 1 rings (SSSR count). The first-order valence-corrected chi connectivity index (χ1v) is 5.52. The lowest BCUT2D eigenvalue weighted by Crippen LogP contribution is -2.48. The van der Waals surface area contributed by atoms with Gasteiger partial charge in [0, 0.05) is 12.6 Å². The molecule has 0 radical (unpaired) electrons. The van der Waals surface area contributed by atoms with Crippen LogP contribution in [0.4, 0.5) is 0 Å². The highest BCUT2D eigenvalue weighted by Gasteiger charge is 2.28. The minimum absolute atomic E-state index is 0.375. The molecule has 0 bridgehead atoms. The molecule has 1 fully saturated rings. The van der Waals surface area contributed by atoms with Crippen molar-refractivity contribution in [1.29, 1.82) is 0 Å². The minimum atomic E-state index is -0.537. The van der Waals surface area contributed by atoms with Crippen molar-refractivity contribution in [1.82, 2.24) is 5.32 Å². The van der Waals surface area contributed by atoms with E-state index in [-0.39, 0.29) is 0 Å². The second-order valence-corrected chi connectivity index (χ2v) is 4.68. The average Bonchev–Trinajstić information content (AvgIpc) is 1.99. The smallest absolute Gasteiger partial charge is 0.0768 e. The fourth-order valence-electron chi connectivity index (χ4n) is 1.58. The summed E-state index contributed by atoms with van der Waals surface area (Å²) in [6.07, 6.45) is 4.97. The Morgan fingerprint density at radius 2 is 2.15 bits per heavy atom. The van der Waals surface area contributed by atoms with Gasteiger partial charge in [-0.05, 0) is 25.7 Å². The molecule has 1 aliphatic rings. The topological polar surface area (TPSA) is 32.3 Å². The number of hydrogen-bond acceptors (Lipinski definition) is 2. The van der Waals surface area contributed by atoms with E-state index in [4.69, 9.17) is 0 Å². The van der Waals surface area contributed by atoms with E-state index in [9.17, 15) is 5.11 Å². The van der Waals surface area contributed by atoms with Crippen LogP contribution in [-0.2, 0) is 0 Å². The second kappa shape index (κ2) is 4.43. The molecule has 1 aliphatic carbocycles. The van der Waals surface area contributed by atoms with Crippen LogP contribution in [-0.4, -0.2) is 23.3 Å². The first-order valence-electron chi connectivity index (χ1n) is 5.52. The standard InChI is InChI=1S/C11H23NO/c1-4-9(2)11(3,13)8-12-10-6-5-7-10/h9-10,12-13H,4-8H2,1-3H3. The number of nitrogens with one attached hydrogen (secondary N) is 1. The largest absolute Gasteiger partial charge is 0.389 e. The van der Waals surface area contributed by atoms with Crippen molar-refractivity contribution >= 4 is 0 Å². The summed E-state index contributed by atoms with van der Waals surface area (Å²) in [5.41, 5.74) is -0.537. The summed E-state index contributed by atoms with van der Waals surface area (Å²) < 4.78 is 0. The van der Waals surface area contributed by atoms with Gasteiger partial charge in [0.25, 0.3) is 0 Å². The fourth-order valence-corrected chi connectivity index (χ4v) is 1.58. The van der Waals surface area contributed by atoms with E-state index in [1.807, 2.05) is 6.92 Å². The van der Waals surface area contributed by atoms with Gasteiger partial charge in [-0.1, -0.05) is 26.7 Å². The zero-order valence-corrected chi connectivity index (χ0v) is 9.14. The van der Waals surface area contributed by atoms with Gasteiger partial charge in [-0.25, -0.2) is 0 Å². The number of rotatable bonds is 5. The van der Waals surface area contributed by atoms with Crippen LogP contribution in [0.3, 0.4) is 0 Å². The Morgan fingerprint density at radius 1 is 1.54 bits per heavy atom. The highest BCUT2D eigenvalue weighted by Crippen LogP contribution is 2.22. The van der Waals surface area contributed by atoms with E-state index in [0.717, 1.165) is 13.0 Å². The molecular formula is C11H23NO. The molecule has 2 N–H and O–H groups in total. The van der Waals surface area contributed by atoms with Crippen LogP contribution in [0.5, 0.6) is 0 Å². The molecule has 13 heavy (non-hydrogen) atoms. The van der Waals surface area contributed by atoms with Crippen LogP contribution in [0.1, 0.15) is 46.5 Å². The zero-order chi connectivity index (χ0) is 9.90. The molecule has 0 aromatic heterocycles. The van der Waals surface area contributed by atoms with Gasteiger partial charge in [-0.15, -0.1) is 0 Å². The van der Waals surface area contributed by atoms with E-state index in [2.05, 4.69) is 19.2 Å². The molecule has 2 unspecified atom stereocenters. The summed E-state index contributed by atoms with van der Waals surface area (Å²) in [7, 11) is 0. The normalized spacial score (nSPS) is 24.9. The third kappa shape index (κ3) is 2.96. The lowest BCUT2D eigenvalue weighted by molar-refractivity contribution is 0.00105. The van der Waals surface area contributed by atoms with Gasteiger partial charge < -0.3 is 10.4 Å². The van der Waals surface area contributed by atoms with Crippen molar-refractivity contribution in [3.05, 3.63) is 0 Å². The molecule has 0 saturated heterocycles. The highest BCUT2D eigenvalue weighted by atomic mass is 16.3. The summed E-state index contributed by atoms with van der Waals surface area (Å²) >= 11 is 0. The van der Waals surface area contributed by atoms with Crippen molar-refractivity contribution in [2.45, 2.75) is 58.1 Å².